The topological polar surface area (TPSA) is 96.0 Å². The Hall–Kier alpha value is -3.56. The fourth-order valence-corrected chi connectivity index (χ4v) is 5.88. The number of ether oxygens (including phenoxy) is 1. The molecule has 0 heterocycles. The van der Waals surface area contributed by atoms with E-state index in [2.05, 4.69) is 5.32 Å². The number of aryl methyl sites for hydroxylation is 1. The predicted molar refractivity (Wildman–Crippen MR) is 158 cm³/mol. The molecule has 3 aromatic carbocycles. The van der Waals surface area contributed by atoms with Crippen LogP contribution in [0.3, 0.4) is 0 Å². The maximum atomic E-state index is 14.0. The van der Waals surface area contributed by atoms with E-state index in [1.54, 1.807) is 75.6 Å². The van der Waals surface area contributed by atoms with Crippen LogP contribution in [0.5, 0.6) is 5.75 Å². The highest BCUT2D eigenvalue weighted by molar-refractivity contribution is 7.92. The third-order valence-electron chi connectivity index (χ3n) is 6.19. The zero-order valence-corrected chi connectivity index (χ0v) is 25.2. The number of carbonyl (C=O) groups excluding carboxylic acids is 2. The van der Waals surface area contributed by atoms with E-state index < -0.39 is 34.1 Å². The lowest BCUT2D eigenvalue weighted by Crippen LogP contribution is -2.54. The van der Waals surface area contributed by atoms with E-state index in [1.165, 1.54) is 17.0 Å². The van der Waals surface area contributed by atoms with E-state index in [0.29, 0.717) is 22.0 Å². The second kappa shape index (κ2) is 12.7. The molecule has 0 aliphatic rings. The molecule has 3 rings (SSSR count). The van der Waals surface area contributed by atoms with Crippen LogP contribution in [0.2, 0.25) is 5.02 Å². The van der Waals surface area contributed by atoms with Gasteiger partial charge in [0.05, 0.1) is 17.7 Å². The molecule has 0 fully saturated rings. The first kappa shape index (κ1) is 31.0. The molecule has 0 aliphatic heterocycles. The van der Waals surface area contributed by atoms with Crippen LogP contribution in [0.1, 0.15) is 38.8 Å². The van der Waals surface area contributed by atoms with Crippen LogP contribution in [0.25, 0.3) is 0 Å². The first-order valence-corrected chi connectivity index (χ1v) is 14.6. The molecule has 0 saturated carbocycles. The van der Waals surface area contributed by atoms with Gasteiger partial charge in [-0.05, 0) is 88.2 Å². The monoisotopic (exact) mass is 585 g/mol. The molecule has 40 heavy (non-hydrogen) atoms. The molecule has 0 spiro atoms. The van der Waals surface area contributed by atoms with Gasteiger partial charge in [0.2, 0.25) is 11.8 Å². The molecule has 3 aromatic rings. The van der Waals surface area contributed by atoms with E-state index in [4.69, 9.17) is 16.3 Å². The first-order chi connectivity index (χ1) is 18.7. The van der Waals surface area contributed by atoms with E-state index in [1.807, 2.05) is 26.8 Å². The maximum Gasteiger partial charge on any atom is 0.264 e. The Morgan fingerprint density at radius 2 is 1.68 bits per heavy atom. The van der Waals surface area contributed by atoms with Crippen molar-refractivity contribution in [1.82, 2.24) is 10.2 Å². The van der Waals surface area contributed by atoms with E-state index in [0.717, 1.165) is 9.87 Å². The molecule has 2 amide bonds. The Labute approximate surface area is 241 Å². The molecule has 0 saturated heterocycles. The average Bonchev–Trinajstić information content (AvgIpc) is 2.90. The molecule has 1 N–H and O–H groups in total. The highest BCUT2D eigenvalue weighted by atomic mass is 35.5. The van der Waals surface area contributed by atoms with Crippen molar-refractivity contribution in [2.75, 3.05) is 18.0 Å². The third kappa shape index (κ3) is 7.76. The molecule has 8 nitrogen and oxygen atoms in total. The van der Waals surface area contributed by atoms with E-state index in [-0.39, 0.29) is 17.3 Å². The summed E-state index contributed by atoms with van der Waals surface area (Å²) in [6.07, 6.45) is 0. The highest BCUT2D eigenvalue weighted by Gasteiger charge is 2.34. The zero-order valence-electron chi connectivity index (χ0n) is 23.6. The Kier molecular flexibility index (Phi) is 9.87. The molecular weight excluding hydrogens is 550 g/mol. The van der Waals surface area contributed by atoms with Crippen LogP contribution in [0.15, 0.2) is 77.7 Å². The lowest BCUT2D eigenvalue weighted by Gasteiger charge is -2.34. The number of nitrogens with zero attached hydrogens (tertiary/aromatic N) is 2. The van der Waals surface area contributed by atoms with Gasteiger partial charge in [0.1, 0.15) is 18.3 Å². The van der Waals surface area contributed by atoms with Crippen molar-refractivity contribution in [1.29, 1.82) is 0 Å². The number of sulfonamides is 1. The quantitative estimate of drug-likeness (QED) is 0.353. The van der Waals surface area contributed by atoms with Crippen LogP contribution < -0.4 is 14.4 Å². The highest BCUT2D eigenvalue weighted by Crippen LogP contribution is 2.29. The maximum absolute atomic E-state index is 14.0. The van der Waals surface area contributed by atoms with Crippen molar-refractivity contribution in [3.63, 3.8) is 0 Å². The number of benzene rings is 3. The summed E-state index contributed by atoms with van der Waals surface area (Å²) in [6.45, 7) is 8.44. The minimum Gasteiger partial charge on any atom is -0.497 e. The SMILES string of the molecule is COc1cccc(CN(C(=O)CN(c2ccc(Cl)cc2C)S(=O)(=O)c2ccccc2)C(C)C(=O)NC(C)(C)C)c1. The normalized spacial score (nSPS) is 12.4. The van der Waals surface area contributed by atoms with Gasteiger partial charge in [-0.15, -0.1) is 0 Å². The van der Waals surface area contributed by atoms with Gasteiger partial charge in [-0.2, -0.15) is 0 Å². The van der Waals surface area contributed by atoms with Crippen LogP contribution in [-0.2, 0) is 26.2 Å². The minimum absolute atomic E-state index is 0.0371. The van der Waals surface area contributed by atoms with Crippen molar-refractivity contribution < 1.29 is 22.7 Å². The molecule has 0 bridgehead atoms. The number of nitrogens with one attached hydrogen (secondary N) is 1. The number of hydrogen-bond acceptors (Lipinski definition) is 5. The number of amides is 2. The van der Waals surface area contributed by atoms with E-state index >= 15 is 0 Å². The molecule has 0 radical (unpaired) electrons. The van der Waals surface area contributed by atoms with Gasteiger partial charge in [-0.3, -0.25) is 13.9 Å². The second-order valence-electron chi connectivity index (χ2n) is 10.5. The van der Waals surface area contributed by atoms with Gasteiger partial charge in [0.25, 0.3) is 10.0 Å². The summed E-state index contributed by atoms with van der Waals surface area (Å²) >= 11 is 6.16. The summed E-state index contributed by atoms with van der Waals surface area (Å²) in [5.41, 5.74) is 1.09. The van der Waals surface area contributed by atoms with Gasteiger partial charge >= 0.3 is 0 Å². The molecule has 0 aliphatic carbocycles. The number of rotatable bonds is 10. The molecule has 0 aromatic heterocycles. The lowest BCUT2D eigenvalue weighted by molar-refractivity contribution is -0.140. The first-order valence-electron chi connectivity index (χ1n) is 12.8. The number of anilines is 1. The Morgan fingerprint density at radius 3 is 2.27 bits per heavy atom. The molecule has 10 heteroatoms. The largest absolute Gasteiger partial charge is 0.497 e. The summed E-state index contributed by atoms with van der Waals surface area (Å²) < 4.78 is 34.2. The van der Waals surface area contributed by atoms with E-state index in [9.17, 15) is 18.0 Å². The fraction of sp³-hybridized carbons (Fsp3) is 0.333. The molecule has 214 valence electrons. The summed E-state index contributed by atoms with van der Waals surface area (Å²) in [5.74, 6) is -0.307. The van der Waals surface area contributed by atoms with Crippen molar-refractivity contribution >= 4 is 39.1 Å². The van der Waals surface area contributed by atoms with Gasteiger partial charge < -0.3 is 15.0 Å². The second-order valence-corrected chi connectivity index (χ2v) is 12.8. The Bertz CT molecular complexity index is 1460. The standard InChI is InChI=1S/C30H36ClN3O5S/c1-21-17-24(31)15-16-27(21)34(40(37,38)26-13-8-7-9-14-26)20-28(35)33(22(2)29(36)32-30(3,4)5)19-23-11-10-12-25(18-23)39-6/h7-18,22H,19-20H2,1-6H3,(H,32,36). The van der Waals surface area contributed by atoms with Crippen LogP contribution in [0, 0.1) is 6.92 Å². The number of methoxy groups -OCH3 is 1. The summed E-state index contributed by atoms with van der Waals surface area (Å²) in [4.78, 5) is 28.7. The molecule has 1 atom stereocenters. The van der Waals surface area contributed by atoms with Crippen molar-refractivity contribution in [3.05, 3.63) is 88.9 Å². The van der Waals surface area contributed by atoms with Gasteiger partial charge in [0, 0.05) is 17.1 Å². The van der Waals surface area contributed by atoms with Crippen molar-refractivity contribution in [3.8, 4) is 5.75 Å². The minimum atomic E-state index is -4.15. The third-order valence-corrected chi connectivity index (χ3v) is 8.20. The van der Waals surface area contributed by atoms with Gasteiger partial charge in [-0.25, -0.2) is 8.42 Å². The predicted octanol–water partition coefficient (Wildman–Crippen LogP) is 5.18. The van der Waals surface area contributed by atoms with Crippen molar-refractivity contribution in [2.45, 2.75) is 57.6 Å². The van der Waals surface area contributed by atoms with Crippen LogP contribution in [0.4, 0.5) is 5.69 Å². The smallest absolute Gasteiger partial charge is 0.264 e. The number of halogens is 1. The van der Waals surface area contributed by atoms with Crippen LogP contribution >= 0.6 is 11.6 Å². The van der Waals surface area contributed by atoms with Crippen LogP contribution in [-0.4, -0.2) is 50.4 Å². The Balaban J connectivity index is 2.07. The Morgan fingerprint density at radius 1 is 1.00 bits per heavy atom. The number of hydrogen-bond donors (Lipinski definition) is 1. The summed E-state index contributed by atoms with van der Waals surface area (Å²) in [7, 11) is -2.61. The molecule has 1 unspecified atom stereocenters. The lowest BCUT2D eigenvalue weighted by atomic mass is 10.1. The average molecular weight is 586 g/mol. The van der Waals surface area contributed by atoms with Gasteiger partial charge in [0.15, 0.2) is 0 Å². The summed E-state index contributed by atoms with van der Waals surface area (Å²) in [5, 5.41) is 3.36. The number of carbonyl (C=O) groups is 2. The summed E-state index contributed by atoms with van der Waals surface area (Å²) in [6, 6.07) is 19.0. The van der Waals surface area contributed by atoms with Gasteiger partial charge in [-0.1, -0.05) is 41.9 Å². The molecular formula is C30H36ClN3O5S. The fourth-order valence-electron chi connectivity index (χ4n) is 4.16. The van der Waals surface area contributed by atoms with Crippen molar-refractivity contribution in [2.24, 2.45) is 0 Å². The zero-order chi connectivity index (χ0) is 29.7.